The Bertz CT molecular complexity index is 724. The average Bonchev–Trinajstić information content (AvgIpc) is 2.70. The molecule has 3 rings (SSSR count). The SMILES string of the molecule is CC(=O)CC(=O)OCCC1CNCCN1C(c1ccccc1)c1ccccc1. The molecule has 1 saturated heterocycles. The van der Waals surface area contributed by atoms with Gasteiger partial charge in [-0.05, 0) is 24.5 Å². The van der Waals surface area contributed by atoms with Crippen LogP contribution in [0.3, 0.4) is 0 Å². The minimum atomic E-state index is -0.439. The van der Waals surface area contributed by atoms with Gasteiger partial charge in [0.2, 0.25) is 0 Å². The van der Waals surface area contributed by atoms with E-state index >= 15 is 0 Å². The lowest BCUT2D eigenvalue weighted by molar-refractivity contribution is -0.146. The lowest BCUT2D eigenvalue weighted by Gasteiger charge is -2.42. The molecule has 1 unspecified atom stereocenters. The largest absolute Gasteiger partial charge is 0.465 e. The Kier molecular flexibility index (Phi) is 7.34. The molecule has 0 spiro atoms. The molecular formula is C23H28N2O3. The van der Waals surface area contributed by atoms with Crippen molar-refractivity contribution < 1.29 is 14.3 Å². The smallest absolute Gasteiger partial charge is 0.313 e. The Morgan fingerprint density at radius 3 is 2.25 bits per heavy atom. The zero-order valence-electron chi connectivity index (χ0n) is 16.3. The summed E-state index contributed by atoms with van der Waals surface area (Å²) >= 11 is 0. The van der Waals surface area contributed by atoms with E-state index in [1.807, 2.05) is 12.1 Å². The standard InChI is InChI=1S/C23H28N2O3/c1-18(26)16-22(27)28-15-12-21-17-24-13-14-25(21)23(19-8-4-2-5-9-19)20-10-6-3-7-11-20/h2-11,21,23-24H,12-17H2,1H3. The number of carbonyl (C=O) groups is 2. The first-order chi connectivity index (χ1) is 13.6. The number of ether oxygens (including phenoxy) is 1. The Hall–Kier alpha value is -2.50. The lowest BCUT2D eigenvalue weighted by Crippen LogP contribution is -2.53. The van der Waals surface area contributed by atoms with E-state index in [0.29, 0.717) is 6.61 Å². The van der Waals surface area contributed by atoms with E-state index < -0.39 is 5.97 Å². The number of hydrogen-bond donors (Lipinski definition) is 1. The summed E-state index contributed by atoms with van der Waals surface area (Å²) in [6.07, 6.45) is 0.579. The molecule has 5 nitrogen and oxygen atoms in total. The molecule has 148 valence electrons. The van der Waals surface area contributed by atoms with Gasteiger partial charge in [0, 0.05) is 25.7 Å². The number of benzene rings is 2. The van der Waals surface area contributed by atoms with Gasteiger partial charge in [0.1, 0.15) is 12.2 Å². The second-order valence-electron chi connectivity index (χ2n) is 7.21. The van der Waals surface area contributed by atoms with Crippen LogP contribution in [0.5, 0.6) is 0 Å². The average molecular weight is 380 g/mol. The van der Waals surface area contributed by atoms with E-state index in [1.54, 1.807) is 0 Å². The quantitative estimate of drug-likeness (QED) is 0.564. The van der Waals surface area contributed by atoms with E-state index in [0.717, 1.165) is 26.1 Å². The van der Waals surface area contributed by atoms with E-state index in [9.17, 15) is 9.59 Å². The number of piperazine rings is 1. The summed E-state index contributed by atoms with van der Waals surface area (Å²) in [7, 11) is 0. The fourth-order valence-electron chi connectivity index (χ4n) is 3.79. The molecule has 2 aromatic carbocycles. The Balaban J connectivity index is 1.75. The number of nitrogens with one attached hydrogen (secondary N) is 1. The Morgan fingerprint density at radius 1 is 1.07 bits per heavy atom. The van der Waals surface area contributed by atoms with Crippen LogP contribution in [0.15, 0.2) is 60.7 Å². The maximum Gasteiger partial charge on any atom is 0.313 e. The molecule has 1 heterocycles. The van der Waals surface area contributed by atoms with Crippen LogP contribution in [0, 0.1) is 0 Å². The van der Waals surface area contributed by atoms with E-state index in [2.05, 4.69) is 58.7 Å². The van der Waals surface area contributed by atoms with Crippen molar-refractivity contribution in [3.05, 3.63) is 71.8 Å². The summed E-state index contributed by atoms with van der Waals surface area (Å²) in [6, 6.07) is 21.5. The summed E-state index contributed by atoms with van der Waals surface area (Å²) in [5.74, 6) is -0.607. The molecule has 1 fully saturated rings. The monoisotopic (exact) mass is 380 g/mol. The number of hydrogen-bond acceptors (Lipinski definition) is 5. The van der Waals surface area contributed by atoms with Gasteiger partial charge in [-0.15, -0.1) is 0 Å². The predicted octanol–water partition coefficient (Wildman–Crippen LogP) is 2.96. The summed E-state index contributed by atoms with van der Waals surface area (Å²) in [6.45, 7) is 4.42. The topological polar surface area (TPSA) is 58.6 Å². The summed E-state index contributed by atoms with van der Waals surface area (Å²) in [4.78, 5) is 25.2. The number of ketones is 1. The third-order valence-corrected chi connectivity index (χ3v) is 5.07. The van der Waals surface area contributed by atoms with Gasteiger partial charge in [-0.25, -0.2) is 0 Å². The lowest BCUT2D eigenvalue weighted by atomic mass is 9.94. The zero-order valence-corrected chi connectivity index (χ0v) is 16.3. The third kappa shape index (κ3) is 5.50. The van der Waals surface area contributed by atoms with Crippen LogP contribution >= 0.6 is 0 Å². The van der Waals surface area contributed by atoms with Gasteiger partial charge in [0.05, 0.1) is 12.6 Å². The van der Waals surface area contributed by atoms with Crippen molar-refractivity contribution >= 4 is 11.8 Å². The molecule has 1 N–H and O–H groups in total. The van der Waals surface area contributed by atoms with Crippen LogP contribution in [-0.4, -0.2) is 48.9 Å². The molecule has 0 aliphatic carbocycles. The highest BCUT2D eigenvalue weighted by Gasteiger charge is 2.30. The van der Waals surface area contributed by atoms with Crippen LogP contribution < -0.4 is 5.32 Å². The van der Waals surface area contributed by atoms with Crippen LogP contribution in [-0.2, 0) is 14.3 Å². The van der Waals surface area contributed by atoms with Gasteiger partial charge in [0.25, 0.3) is 0 Å². The maximum atomic E-state index is 11.7. The Morgan fingerprint density at radius 2 is 1.68 bits per heavy atom. The van der Waals surface area contributed by atoms with Crippen molar-refractivity contribution in [2.75, 3.05) is 26.2 Å². The van der Waals surface area contributed by atoms with Crippen molar-refractivity contribution in [1.29, 1.82) is 0 Å². The highest BCUT2D eigenvalue weighted by atomic mass is 16.5. The van der Waals surface area contributed by atoms with Gasteiger partial charge < -0.3 is 10.1 Å². The molecular weight excluding hydrogens is 352 g/mol. The normalized spacial score (nSPS) is 17.4. The molecule has 5 heteroatoms. The molecule has 1 atom stereocenters. The molecule has 2 aromatic rings. The number of esters is 1. The van der Waals surface area contributed by atoms with Crippen LogP contribution in [0.4, 0.5) is 0 Å². The molecule has 0 radical (unpaired) electrons. The van der Waals surface area contributed by atoms with Gasteiger partial charge in [0.15, 0.2) is 0 Å². The van der Waals surface area contributed by atoms with Crippen molar-refractivity contribution in [3.63, 3.8) is 0 Å². The number of carbonyl (C=O) groups excluding carboxylic acids is 2. The van der Waals surface area contributed by atoms with Crippen LogP contribution in [0.2, 0.25) is 0 Å². The van der Waals surface area contributed by atoms with Crippen LogP contribution in [0.25, 0.3) is 0 Å². The first-order valence-corrected chi connectivity index (χ1v) is 9.86. The summed E-state index contributed by atoms with van der Waals surface area (Å²) in [5.41, 5.74) is 2.52. The van der Waals surface area contributed by atoms with Gasteiger partial charge in [-0.2, -0.15) is 0 Å². The first-order valence-electron chi connectivity index (χ1n) is 9.86. The Labute approximate surface area is 166 Å². The molecule has 28 heavy (non-hydrogen) atoms. The fourth-order valence-corrected chi connectivity index (χ4v) is 3.79. The van der Waals surface area contributed by atoms with Crippen molar-refractivity contribution in [2.45, 2.75) is 31.8 Å². The van der Waals surface area contributed by atoms with Crippen molar-refractivity contribution in [3.8, 4) is 0 Å². The predicted molar refractivity (Wildman–Crippen MR) is 109 cm³/mol. The third-order valence-electron chi connectivity index (χ3n) is 5.07. The van der Waals surface area contributed by atoms with E-state index in [1.165, 1.54) is 18.1 Å². The number of rotatable bonds is 8. The highest BCUT2D eigenvalue weighted by molar-refractivity contribution is 5.94. The summed E-state index contributed by atoms with van der Waals surface area (Å²) < 4.78 is 5.28. The van der Waals surface area contributed by atoms with Crippen molar-refractivity contribution in [2.24, 2.45) is 0 Å². The van der Waals surface area contributed by atoms with Crippen molar-refractivity contribution in [1.82, 2.24) is 10.2 Å². The molecule has 0 amide bonds. The number of Topliss-reactive ketones (excluding diaryl/α,β-unsaturated/α-hetero) is 1. The van der Waals surface area contributed by atoms with E-state index in [-0.39, 0.29) is 24.3 Å². The fraction of sp³-hybridized carbons (Fsp3) is 0.391. The van der Waals surface area contributed by atoms with Gasteiger partial charge in [-0.3, -0.25) is 14.5 Å². The first kappa shape index (κ1) is 20.2. The minimum absolute atomic E-state index is 0.150. The van der Waals surface area contributed by atoms with Crippen LogP contribution in [0.1, 0.15) is 36.9 Å². The molecule has 0 bridgehead atoms. The highest BCUT2D eigenvalue weighted by Crippen LogP contribution is 2.31. The maximum absolute atomic E-state index is 11.7. The second kappa shape index (κ2) is 10.2. The van der Waals surface area contributed by atoms with Gasteiger partial charge in [-0.1, -0.05) is 60.7 Å². The molecule has 0 aromatic heterocycles. The zero-order chi connectivity index (χ0) is 19.8. The van der Waals surface area contributed by atoms with E-state index in [4.69, 9.17) is 4.74 Å². The van der Waals surface area contributed by atoms with Gasteiger partial charge >= 0.3 is 5.97 Å². The molecule has 1 aliphatic heterocycles. The summed E-state index contributed by atoms with van der Waals surface area (Å²) in [5, 5.41) is 3.46. The second-order valence-corrected chi connectivity index (χ2v) is 7.21. The molecule has 1 aliphatic rings. The molecule has 0 saturated carbocycles. The number of nitrogens with zero attached hydrogens (tertiary/aromatic N) is 1. The minimum Gasteiger partial charge on any atom is -0.465 e.